The summed E-state index contributed by atoms with van der Waals surface area (Å²) >= 11 is 6.35. The van der Waals surface area contributed by atoms with Gasteiger partial charge in [-0.15, -0.1) is 0 Å². The molecule has 1 aromatic heterocycles. The zero-order valence-corrected chi connectivity index (χ0v) is 12.6. The first-order valence-electron chi connectivity index (χ1n) is 7.30. The molecule has 0 aromatic carbocycles. The van der Waals surface area contributed by atoms with E-state index in [0.29, 0.717) is 5.92 Å². The maximum absolute atomic E-state index is 6.35. The molecule has 1 saturated heterocycles. The SMILES string of the molecule is CCCNC(c1c(Cl)cnn1CC)C1CCCOC1. The molecule has 19 heavy (non-hydrogen) atoms. The number of nitrogens with one attached hydrogen (secondary N) is 1. The summed E-state index contributed by atoms with van der Waals surface area (Å²) in [6.07, 6.45) is 5.19. The first kappa shape index (κ1) is 14.8. The van der Waals surface area contributed by atoms with E-state index in [9.17, 15) is 0 Å². The summed E-state index contributed by atoms with van der Waals surface area (Å²) in [6, 6.07) is 0.246. The number of hydrogen-bond acceptors (Lipinski definition) is 3. The van der Waals surface area contributed by atoms with Crippen molar-refractivity contribution in [2.75, 3.05) is 19.8 Å². The van der Waals surface area contributed by atoms with Crippen LogP contribution in [-0.2, 0) is 11.3 Å². The highest BCUT2D eigenvalue weighted by Crippen LogP contribution is 2.32. The lowest BCUT2D eigenvalue weighted by molar-refractivity contribution is 0.0377. The molecule has 5 heteroatoms. The van der Waals surface area contributed by atoms with Crippen LogP contribution in [0.15, 0.2) is 6.20 Å². The molecule has 1 N–H and O–H groups in total. The zero-order valence-electron chi connectivity index (χ0n) is 11.9. The van der Waals surface area contributed by atoms with Gasteiger partial charge in [-0.2, -0.15) is 5.10 Å². The third-order valence-corrected chi connectivity index (χ3v) is 4.00. The van der Waals surface area contributed by atoms with Gasteiger partial charge in [-0.05, 0) is 32.7 Å². The molecular formula is C14H24ClN3O. The predicted molar refractivity (Wildman–Crippen MR) is 77.5 cm³/mol. The number of nitrogens with zero attached hydrogens (tertiary/aromatic N) is 2. The largest absolute Gasteiger partial charge is 0.381 e. The predicted octanol–water partition coefficient (Wildman–Crippen LogP) is 3.02. The monoisotopic (exact) mass is 285 g/mol. The van der Waals surface area contributed by atoms with Crippen LogP contribution in [0.5, 0.6) is 0 Å². The van der Waals surface area contributed by atoms with Crippen LogP contribution in [0, 0.1) is 5.92 Å². The molecular weight excluding hydrogens is 262 g/mol. The summed E-state index contributed by atoms with van der Waals surface area (Å²) in [6.45, 7) is 7.82. The normalized spacial score (nSPS) is 21.5. The van der Waals surface area contributed by atoms with Gasteiger partial charge in [0.2, 0.25) is 0 Å². The summed E-state index contributed by atoms with van der Waals surface area (Å²) < 4.78 is 7.65. The summed E-state index contributed by atoms with van der Waals surface area (Å²) in [7, 11) is 0. The Morgan fingerprint density at radius 2 is 2.42 bits per heavy atom. The third-order valence-electron chi connectivity index (χ3n) is 3.71. The van der Waals surface area contributed by atoms with Crippen LogP contribution in [0.4, 0.5) is 0 Å². The molecule has 108 valence electrons. The Balaban J connectivity index is 2.22. The molecule has 2 rings (SSSR count). The van der Waals surface area contributed by atoms with E-state index in [1.54, 1.807) is 6.20 Å². The van der Waals surface area contributed by atoms with Crippen LogP contribution in [0.1, 0.15) is 44.8 Å². The summed E-state index contributed by atoms with van der Waals surface area (Å²) in [5.74, 6) is 0.486. The molecule has 2 heterocycles. The van der Waals surface area contributed by atoms with Crippen molar-refractivity contribution < 1.29 is 4.74 Å². The topological polar surface area (TPSA) is 39.1 Å². The molecule has 1 aliphatic rings. The number of ether oxygens (including phenoxy) is 1. The molecule has 0 radical (unpaired) electrons. The van der Waals surface area contributed by atoms with Gasteiger partial charge in [0.05, 0.1) is 29.6 Å². The Bertz CT molecular complexity index is 388. The average molecular weight is 286 g/mol. The standard InChI is InChI=1S/C14H24ClN3O/c1-3-7-16-13(11-6-5-8-19-10-11)14-12(15)9-17-18(14)4-2/h9,11,13,16H,3-8,10H2,1-2H3. The minimum atomic E-state index is 0.246. The highest BCUT2D eigenvalue weighted by Gasteiger charge is 2.29. The zero-order chi connectivity index (χ0) is 13.7. The Morgan fingerprint density at radius 3 is 3.05 bits per heavy atom. The second-order valence-corrected chi connectivity index (χ2v) is 5.51. The average Bonchev–Trinajstić information content (AvgIpc) is 2.82. The minimum absolute atomic E-state index is 0.246. The molecule has 1 aromatic rings. The lowest BCUT2D eigenvalue weighted by atomic mass is 9.91. The molecule has 0 saturated carbocycles. The Labute approximate surface area is 120 Å². The first-order valence-corrected chi connectivity index (χ1v) is 7.68. The van der Waals surface area contributed by atoms with Crippen molar-refractivity contribution in [3.05, 3.63) is 16.9 Å². The lowest BCUT2D eigenvalue weighted by Gasteiger charge is -2.31. The maximum Gasteiger partial charge on any atom is 0.0834 e. The van der Waals surface area contributed by atoms with E-state index < -0.39 is 0 Å². The second kappa shape index (κ2) is 7.27. The molecule has 0 aliphatic carbocycles. The van der Waals surface area contributed by atoms with Crippen LogP contribution in [0.25, 0.3) is 0 Å². The van der Waals surface area contributed by atoms with E-state index in [1.165, 1.54) is 6.42 Å². The molecule has 2 atom stereocenters. The highest BCUT2D eigenvalue weighted by molar-refractivity contribution is 6.31. The number of rotatable bonds is 6. The fraction of sp³-hybridized carbons (Fsp3) is 0.786. The third kappa shape index (κ3) is 3.50. The molecule has 2 unspecified atom stereocenters. The lowest BCUT2D eigenvalue weighted by Crippen LogP contribution is -2.35. The number of aromatic nitrogens is 2. The van der Waals surface area contributed by atoms with Gasteiger partial charge in [-0.1, -0.05) is 18.5 Å². The van der Waals surface area contributed by atoms with Gasteiger partial charge in [0.15, 0.2) is 0 Å². The van der Waals surface area contributed by atoms with Crippen molar-refractivity contribution in [2.24, 2.45) is 5.92 Å². The van der Waals surface area contributed by atoms with Crippen LogP contribution in [0.2, 0.25) is 5.02 Å². The Morgan fingerprint density at radius 1 is 1.58 bits per heavy atom. The van der Waals surface area contributed by atoms with Crippen molar-refractivity contribution in [3.8, 4) is 0 Å². The van der Waals surface area contributed by atoms with E-state index in [2.05, 4.69) is 24.3 Å². The van der Waals surface area contributed by atoms with Crippen molar-refractivity contribution in [1.29, 1.82) is 0 Å². The fourth-order valence-electron chi connectivity index (χ4n) is 2.75. The van der Waals surface area contributed by atoms with E-state index >= 15 is 0 Å². The van der Waals surface area contributed by atoms with Crippen LogP contribution >= 0.6 is 11.6 Å². The van der Waals surface area contributed by atoms with E-state index in [0.717, 1.165) is 49.9 Å². The summed E-state index contributed by atoms with van der Waals surface area (Å²) in [5.41, 5.74) is 1.12. The Hall–Kier alpha value is -0.580. The summed E-state index contributed by atoms with van der Waals surface area (Å²) in [5, 5.41) is 8.76. The molecule has 0 bridgehead atoms. The second-order valence-electron chi connectivity index (χ2n) is 5.10. The fourth-order valence-corrected chi connectivity index (χ4v) is 3.01. The van der Waals surface area contributed by atoms with Crippen molar-refractivity contribution in [3.63, 3.8) is 0 Å². The van der Waals surface area contributed by atoms with Crippen LogP contribution < -0.4 is 5.32 Å². The number of hydrogen-bond donors (Lipinski definition) is 1. The van der Waals surface area contributed by atoms with E-state index in [-0.39, 0.29) is 6.04 Å². The van der Waals surface area contributed by atoms with E-state index in [1.807, 2.05) is 4.68 Å². The molecule has 0 amide bonds. The van der Waals surface area contributed by atoms with Crippen molar-refractivity contribution >= 4 is 11.6 Å². The summed E-state index contributed by atoms with van der Waals surface area (Å²) in [4.78, 5) is 0. The molecule has 4 nitrogen and oxygen atoms in total. The van der Waals surface area contributed by atoms with Gasteiger partial charge < -0.3 is 10.1 Å². The first-order chi connectivity index (χ1) is 9.27. The molecule has 1 fully saturated rings. The number of aryl methyl sites for hydroxylation is 1. The van der Waals surface area contributed by atoms with E-state index in [4.69, 9.17) is 16.3 Å². The van der Waals surface area contributed by atoms with Gasteiger partial charge in [0.1, 0.15) is 0 Å². The van der Waals surface area contributed by atoms with Crippen LogP contribution in [0.3, 0.4) is 0 Å². The van der Waals surface area contributed by atoms with Gasteiger partial charge >= 0.3 is 0 Å². The van der Waals surface area contributed by atoms with Crippen LogP contribution in [-0.4, -0.2) is 29.5 Å². The minimum Gasteiger partial charge on any atom is -0.381 e. The number of halogens is 1. The molecule has 0 spiro atoms. The maximum atomic E-state index is 6.35. The van der Waals surface area contributed by atoms with Gasteiger partial charge in [0, 0.05) is 19.1 Å². The molecule has 1 aliphatic heterocycles. The van der Waals surface area contributed by atoms with Crippen molar-refractivity contribution in [1.82, 2.24) is 15.1 Å². The van der Waals surface area contributed by atoms with Crippen molar-refractivity contribution in [2.45, 2.75) is 45.7 Å². The smallest absolute Gasteiger partial charge is 0.0834 e. The quantitative estimate of drug-likeness (QED) is 0.873. The highest BCUT2D eigenvalue weighted by atomic mass is 35.5. The van der Waals surface area contributed by atoms with Gasteiger partial charge in [-0.3, -0.25) is 4.68 Å². The van der Waals surface area contributed by atoms with Gasteiger partial charge in [0.25, 0.3) is 0 Å². The van der Waals surface area contributed by atoms with Gasteiger partial charge in [-0.25, -0.2) is 0 Å². The Kier molecular flexibility index (Phi) is 5.67.